The number of amides is 2. The molecule has 1 aromatic carbocycles. The van der Waals surface area contributed by atoms with Gasteiger partial charge in [-0.1, -0.05) is 0 Å². The second-order valence-electron chi connectivity index (χ2n) is 5.97. The van der Waals surface area contributed by atoms with Gasteiger partial charge in [0.2, 0.25) is 5.91 Å². The molecule has 120 valence electrons. The first kappa shape index (κ1) is 16.8. The molecule has 0 saturated carbocycles. The normalized spacial score (nSPS) is 18.2. The number of carbonyl (C=O) groups excluding carboxylic acids is 2. The van der Waals surface area contributed by atoms with Crippen molar-refractivity contribution in [1.29, 1.82) is 0 Å². The molecular weight excluding hydrogens is 348 g/mol. The molecule has 0 bridgehead atoms. The SMILES string of the molecule is Cc1cc(Br)c(O)c(C(=O)N2CCCC(C(=O)N(C)C)C2)c1. The Balaban J connectivity index is 2.21. The van der Waals surface area contributed by atoms with E-state index in [1.807, 2.05) is 6.92 Å². The third-order valence-electron chi connectivity index (χ3n) is 3.94. The van der Waals surface area contributed by atoms with Gasteiger partial charge >= 0.3 is 0 Å². The topological polar surface area (TPSA) is 60.9 Å². The molecule has 1 unspecified atom stereocenters. The largest absolute Gasteiger partial charge is 0.506 e. The third kappa shape index (κ3) is 3.43. The van der Waals surface area contributed by atoms with Crippen molar-refractivity contribution >= 4 is 27.7 Å². The van der Waals surface area contributed by atoms with Crippen LogP contribution < -0.4 is 0 Å². The van der Waals surface area contributed by atoms with Gasteiger partial charge in [-0.05, 0) is 53.4 Å². The molecule has 0 aliphatic carbocycles. The fourth-order valence-electron chi connectivity index (χ4n) is 2.80. The maximum Gasteiger partial charge on any atom is 0.257 e. The van der Waals surface area contributed by atoms with Crippen LogP contribution in [0.25, 0.3) is 0 Å². The Morgan fingerprint density at radius 2 is 2.05 bits per heavy atom. The van der Waals surface area contributed by atoms with Crippen molar-refractivity contribution in [3.63, 3.8) is 0 Å². The zero-order chi connectivity index (χ0) is 16.4. The summed E-state index contributed by atoms with van der Waals surface area (Å²) in [6.07, 6.45) is 1.59. The Hall–Kier alpha value is -1.56. The van der Waals surface area contributed by atoms with E-state index < -0.39 is 0 Å². The number of nitrogens with zero attached hydrogens (tertiary/aromatic N) is 2. The van der Waals surface area contributed by atoms with Gasteiger partial charge in [-0.15, -0.1) is 0 Å². The van der Waals surface area contributed by atoms with Gasteiger partial charge < -0.3 is 14.9 Å². The fraction of sp³-hybridized carbons (Fsp3) is 0.500. The molecule has 0 aromatic heterocycles. The van der Waals surface area contributed by atoms with Crippen LogP contribution in [0, 0.1) is 12.8 Å². The summed E-state index contributed by atoms with van der Waals surface area (Å²) in [5.74, 6) is -0.384. The van der Waals surface area contributed by atoms with E-state index in [-0.39, 0.29) is 29.0 Å². The highest BCUT2D eigenvalue weighted by atomic mass is 79.9. The molecule has 2 amide bonds. The molecule has 1 N–H and O–H groups in total. The number of aryl methyl sites for hydroxylation is 1. The maximum atomic E-state index is 12.7. The predicted octanol–water partition coefficient (Wildman–Crippen LogP) is 2.40. The van der Waals surface area contributed by atoms with E-state index in [0.717, 1.165) is 18.4 Å². The van der Waals surface area contributed by atoms with Crippen LogP contribution in [0.5, 0.6) is 5.75 Å². The van der Waals surface area contributed by atoms with Gasteiger partial charge in [-0.2, -0.15) is 0 Å². The van der Waals surface area contributed by atoms with Crippen molar-refractivity contribution in [2.45, 2.75) is 19.8 Å². The molecule has 2 rings (SSSR count). The number of likely N-dealkylation sites (tertiary alicyclic amines) is 1. The lowest BCUT2D eigenvalue weighted by Gasteiger charge is -2.33. The zero-order valence-corrected chi connectivity index (χ0v) is 14.7. The summed E-state index contributed by atoms with van der Waals surface area (Å²) in [4.78, 5) is 28.0. The molecule has 1 saturated heterocycles. The molecule has 5 nitrogen and oxygen atoms in total. The summed E-state index contributed by atoms with van der Waals surface area (Å²) in [6, 6.07) is 3.44. The second-order valence-corrected chi connectivity index (χ2v) is 6.82. The first-order valence-electron chi connectivity index (χ1n) is 7.30. The Morgan fingerprint density at radius 1 is 1.36 bits per heavy atom. The number of rotatable bonds is 2. The number of aromatic hydroxyl groups is 1. The molecule has 1 aliphatic heterocycles. The fourth-order valence-corrected chi connectivity index (χ4v) is 3.37. The number of benzene rings is 1. The highest BCUT2D eigenvalue weighted by Crippen LogP contribution is 2.31. The summed E-state index contributed by atoms with van der Waals surface area (Å²) in [5, 5.41) is 10.1. The lowest BCUT2D eigenvalue weighted by molar-refractivity contribution is -0.134. The van der Waals surface area contributed by atoms with Crippen LogP contribution in [0.15, 0.2) is 16.6 Å². The van der Waals surface area contributed by atoms with Crippen molar-refractivity contribution in [3.8, 4) is 5.75 Å². The van der Waals surface area contributed by atoms with Crippen LogP contribution in [-0.4, -0.2) is 53.9 Å². The van der Waals surface area contributed by atoms with Gasteiger partial charge in [-0.25, -0.2) is 0 Å². The molecule has 0 spiro atoms. The Labute approximate surface area is 139 Å². The first-order valence-corrected chi connectivity index (χ1v) is 8.10. The van der Waals surface area contributed by atoms with E-state index in [9.17, 15) is 14.7 Å². The van der Waals surface area contributed by atoms with Crippen LogP contribution in [0.2, 0.25) is 0 Å². The highest BCUT2D eigenvalue weighted by Gasteiger charge is 2.30. The lowest BCUT2D eigenvalue weighted by atomic mass is 9.96. The van der Waals surface area contributed by atoms with Crippen molar-refractivity contribution in [1.82, 2.24) is 9.80 Å². The number of carbonyl (C=O) groups is 2. The van der Waals surface area contributed by atoms with E-state index in [0.29, 0.717) is 17.6 Å². The summed E-state index contributed by atoms with van der Waals surface area (Å²) in [6.45, 7) is 2.89. The number of phenols is 1. The minimum atomic E-state index is -0.224. The number of hydrogen-bond donors (Lipinski definition) is 1. The van der Waals surface area contributed by atoms with Gasteiger partial charge in [0.15, 0.2) is 0 Å². The van der Waals surface area contributed by atoms with E-state index >= 15 is 0 Å². The van der Waals surface area contributed by atoms with Gasteiger partial charge in [0.1, 0.15) is 5.75 Å². The van der Waals surface area contributed by atoms with E-state index in [1.165, 1.54) is 0 Å². The summed E-state index contributed by atoms with van der Waals surface area (Å²) < 4.78 is 0.508. The van der Waals surface area contributed by atoms with E-state index in [2.05, 4.69) is 15.9 Å². The van der Waals surface area contributed by atoms with Gasteiger partial charge in [0.05, 0.1) is 16.0 Å². The first-order chi connectivity index (χ1) is 10.3. The van der Waals surface area contributed by atoms with Crippen LogP contribution in [0.4, 0.5) is 0 Å². The van der Waals surface area contributed by atoms with Crippen molar-refractivity contribution in [2.24, 2.45) is 5.92 Å². The van der Waals surface area contributed by atoms with Crippen LogP contribution in [0.1, 0.15) is 28.8 Å². The number of phenolic OH excluding ortho intramolecular Hbond substituents is 1. The van der Waals surface area contributed by atoms with E-state index in [1.54, 1.807) is 36.0 Å². The van der Waals surface area contributed by atoms with Crippen LogP contribution in [0.3, 0.4) is 0 Å². The molecule has 1 atom stereocenters. The van der Waals surface area contributed by atoms with Crippen molar-refractivity contribution in [3.05, 3.63) is 27.7 Å². The molecule has 1 aliphatic rings. The smallest absolute Gasteiger partial charge is 0.257 e. The number of piperidine rings is 1. The average Bonchev–Trinajstić information content (AvgIpc) is 2.49. The Kier molecular flexibility index (Phi) is 5.11. The van der Waals surface area contributed by atoms with Gasteiger partial charge in [0.25, 0.3) is 5.91 Å². The molecule has 1 aromatic rings. The molecular formula is C16H21BrN2O3. The van der Waals surface area contributed by atoms with Gasteiger partial charge in [0, 0.05) is 27.2 Å². The van der Waals surface area contributed by atoms with Gasteiger partial charge in [-0.3, -0.25) is 9.59 Å². The van der Waals surface area contributed by atoms with Crippen LogP contribution in [-0.2, 0) is 4.79 Å². The average molecular weight is 369 g/mol. The zero-order valence-electron chi connectivity index (χ0n) is 13.1. The predicted molar refractivity (Wildman–Crippen MR) is 87.9 cm³/mol. The minimum Gasteiger partial charge on any atom is -0.506 e. The molecule has 1 fully saturated rings. The summed E-state index contributed by atoms with van der Waals surface area (Å²) in [7, 11) is 3.46. The Bertz CT molecular complexity index is 601. The highest BCUT2D eigenvalue weighted by molar-refractivity contribution is 9.10. The van der Waals surface area contributed by atoms with Crippen molar-refractivity contribution < 1.29 is 14.7 Å². The number of halogens is 1. The second kappa shape index (κ2) is 6.69. The summed E-state index contributed by atoms with van der Waals surface area (Å²) in [5.41, 5.74) is 1.18. The van der Waals surface area contributed by atoms with Crippen LogP contribution >= 0.6 is 15.9 Å². The molecule has 0 radical (unpaired) electrons. The maximum absolute atomic E-state index is 12.7. The lowest BCUT2D eigenvalue weighted by Crippen LogP contribution is -2.45. The Morgan fingerprint density at radius 3 is 2.68 bits per heavy atom. The van der Waals surface area contributed by atoms with E-state index in [4.69, 9.17) is 0 Å². The minimum absolute atomic E-state index is 0.0448. The quantitative estimate of drug-likeness (QED) is 0.871. The number of hydrogen-bond acceptors (Lipinski definition) is 3. The third-order valence-corrected chi connectivity index (χ3v) is 4.54. The summed E-state index contributed by atoms with van der Waals surface area (Å²) >= 11 is 3.26. The standard InChI is InChI=1S/C16H21BrN2O3/c1-10-7-12(14(20)13(17)8-10)16(22)19-6-4-5-11(9-19)15(21)18(2)3/h7-8,11,20H,4-6,9H2,1-3H3. The monoisotopic (exact) mass is 368 g/mol. The molecule has 22 heavy (non-hydrogen) atoms. The molecule has 1 heterocycles. The molecule has 6 heteroatoms. The van der Waals surface area contributed by atoms with Crippen molar-refractivity contribution in [2.75, 3.05) is 27.2 Å².